The van der Waals surface area contributed by atoms with Crippen molar-refractivity contribution in [3.63, 3.8) is 0 Å². The summed E-state index contributed by atoms with van der Waals surface area (Å²) in [5.41, 5.74) is 13.2. The number of nitrogens with zero attached hydrogens (tertiary/aromatic N) is 1. The van der Waals surface area contributed by atoms with Crippen LogP contribution in [-0.2, 0) is 12.8 Å². The highest BCUT2D eigenvalue weighted by atomic mass is 19.1. The zero-order valence-corrected chi connectivity index (χ0v) is 20.1. The monoisotopic (exact) mass is 425 g/mol. The van der Waals surface area contributed by atoms with Gasteiger partial charge in [-0.15, -0.1) is 0 Å². The van der Waals surface area contributed by atoms with Crippen LogP contribution in [0.5, 0.6) is 0 Å². The molecule has 0 aliphatic carbocycles. The summed E-state index contributed by atoms with van der Waals surface area (Å²) in [6.07, 6.45) is 4.45. The number of anilines is 1. The van der Waals surface area contributed by atoms with Crippen molar-refractivity contribution >= 4 is 17.6 Å². The number of nitrogen functional groups attached to an aromatic ring is 1. The first-order valence-corrected chi connectivity index (χ1v) is 10.6. The number of rotatable bonds is 8. The number of aliphatic hydroxyl groups is 1. The standard InChI is InChI=1S/C26H36FN3O/c1-10-15(6)17(8)22(16(7)14(4)5)26(29)23-20(12-3)19(11-2)21(13-30-18(9)31)25(28)24(23)27/h10,13,29,31H,9,11-12,28H2,1-8H3/b15-10-,22-17-,29-26?,30-13-. The number of hydrogen-bond donors (Lipinski definition) is 3. The van der Waals surface area contributed by atoms with E-state index in [0.717, 1.165) is 39.0 Å². The molecule has 0 heterocycles. The molecule has 4 nitrogen and oxygen atoms in total. The summed E-state index contributed by atoms with van der Waals surface area (Å²) >= 11 is 0. The second kappa shape index (κ2) is 10.9. The lowest BCUT2D eigenvalue weighted by Crippen LogP contribution is -2.18. The largest absolute Gasteiger partial charge is 0.494 e. The maximum atomic E-state index is 15.7. The van der Waals surface area contributed by atoms with Crippen LogP contribution in [0.1, 0.15) is 77.6 Å². The van der Waals surface area contributed by atoms with Gasteiger partial charge in [-0.05, 0) is 83.2 Å². The van der Waals surface area contributed by atoms with Crippen molar-refractivity contribution < 1.29 is 9.50 Å². The highest BCUT2D eigenvalue weighted by molar-refractivity contribution is 6.16. The Balaban J connectivity index is 4.09. The van der Waals surface area contributed by atoms with Crippen LogP contribution in [0.15, 0.2) is 51.4 Å². The Morgan fingerprint density at radius 1 is 1.10 bits per heavy atom. The fourth-order valence-corrected chi connectivity index (χ4v) is 3.65. The molecule has 0 saturated carbocycles. The molecular weight excluding hydrogens is 389 g/mol. The molecule has 1 aromatic carbocycles. The van der Waals surface area contributed by atoms with Gasteiger partial charge in [0.2, 0.25) is 5.88 Å². The maximum absolute atomic E-state index is 15.7. The minimum absolute atomic E-state index is 0.0755. The van der Waals surface area contributed by atoms with Crippen LogP contribution in [0.2, 0.25) is 0 Å². The molecule has 0 aliphatic rings. The lowest BCUT2D eigenvalue weighted by molar-refractivity contribution is 0.410. The number of nitrogens with two attached hydrogens (primary N) is 1. The minimum Gasteiger partial charge on any atom is -0.494 e. The Morgan fingerprint density at radius 2 is 1.65 bits per heavy atom. The van der Waals surface area contributed by atoms with Crippen molar-refractivity contribution in [1.29, 1.82) is 5.41 Å². The Bertz CT molecular complexity index is 1020. The molecule has 4 N–H and O–H groups in total. The lowest BCUT2D eigenvalue weighted by atomic mass is 9.82. The molecule has 1 aromatic rings. The van der Waals surface area contributed by atoms with E-state index in [9.17, 15) is 5.11 Å². The quantitative estimate of drug-likeness (QED) is 0.181. The van der Waals surface area contributed by atoms with E-state index in [1.165, 1.54) is 6.21 Å². The van der Waals surface area contributed by atoms with E-state index in [4.69, 9.17) is 11.1 Å². The maximum Gasteiger partial charge on any atom is 0.203 e. The average Bonchev–Trinajstić information content (AvgIpc) is 2.72. The minimum atomic E-state index is -0.631. The molecule has 0 atom stereocenters. The molecule has 0 fully saturated rings. The van der Waals surface area contributed by atoms with E-state index in [1.54, 1.807) is 0 Å². The van der Waals surface area contributed by atoms with E-state index in [0.29, 0.717) is 18.4 Å². The Morgan fingerprint density at radius 3 is 2.06 bits per heavy atom. The fourth-order valence-electron chi connectivity index (χ4n) is 3.65. The number of allylic oxidation sites excluding steroid dienone is 6. The summed E-state index contributed by atoms with van der Waals surface area (Å²) in [4.78, 5) is 3.82. The highest BCUT2D eigenvalue weighted by Crippen LogP contribution is 2.34. The van der Waals surface area contributed by atoms with Crippen LogP contribution in [0.3, 0.4) is 0 Å². The van der Waals surface area contributed by atoms with Gasteiger partial charge in [-0.3, -0.25) is 5.41 Å². The van der Waals surface area contributed by atoms with Gasteiger partial charge in [0.1, 0.15) is 0 Å². The summed E-state index contributed by atoms with van der Waals surface area (Å²) < 4.78 is 15.7. The third-order valence-corrected chi connectivity index (χ3v) is 5.81. The van der Waals surface area contributed by atoms with Crippen LogP contribution >= 0.6 is 0 Å². The van der Waals surface area contributed by atoms with Gasteiger partial charge in [-0.1, -0.05) is 31.1 Å². The molecule has 0 saturated heterocycles. The van der Waals surface area contributed by atoms with Gasteiger partial charge in [0.25, 0.3) is 0 Å². The third-order valence-electron chi connectivity index (χ3n) is 5.81. The lowest BCUT2D eigenvalue weighted by Gasteiger charge is -2.23. The first-order chi connectivity index (χ1) is 14.4. The van der Waals surface area contributed by atoms with Gasteiger partial charge in [0.15, 0.2) is 5.82 Å². The number of benzene rings is 1. The first kappa shape index (κ1) is 26.1. The van der Waals surface area contributed by atoms with Crippen molar-refractivity contribution in [3.05, 3.63) is 74.5 Å². The smallest absolute Gasteiger partial charge is 0.203 e. The van der Waals surface area contributed by atoms with Gasteiger partial charge in [0.05, 0.1) is 11.4 Å². The van der Waals surface area contributed by atoms with Crippen molar-refractivity contribution in [2.75, 3.05) is 5.73 Å². The molecule has 0 unspecified atom stereocenters. The fraction of sp³-hybridized carbons (Fsp3) is 0.385. The Labute approximate surface area is 186 Å². The van der Waals surface area contributed by atoms with E-state index >= 15 is 4.39 Å². The number of halogens is 1. The number of aliphatic hydroxyl groups excluding tert-OH is 1. The Hall–Kier alpha value is -2.95. The second-order valence-electron chi connectivity index (χ2n) is 7.83. The van der Waals surface area contributed by atoms with Gasteiger partial charge in [-0.2, -0.15) is 0 Å². The molecule has 1 rings (SSSR count). The second-order valence-corrected chi connectivity index (χ2v) is 7.83. The van der Waals surface area contributed by atoms with Crippen LogP contribution in [0.4, 0.5) is 10.1 Å². The summed E-state index contributed by atoms with van der Waals surface area (Å²) in [6.45, 7) is 19.1. The molecule has 168 valence electrons. The van der Waals surface area contributed by atoms with Crippen molar-refractivity contribution in [2.24, 2.45) is 4.99 Å². The van der Waals surface area contributed by atoms with Crippen molar-refractivity contribution in [2.45, 2.75) is 68.2 Å². The highest BCUT2D eigenvalue weighted by Gasteiger charge is 2.26. The predicted octanol–water partition coefficient (Wildman–Crippen LogP) is 6.99. The van der Waals surface area contributed by atoms with Gasteiger partial charge < -0.3 is 10.8 Å². The number of hydrogen-bond acceptors (Lipinski definition) is 4. The zero-order valence-electron chi connectivity index (χ0n) is 20.1. The van der Waals surface area contributed by atoms with Crippen molar-refractivity contribution in [1.82, 2.24) is 0 Å². The van der Waals surface area contributed by atoms with E-state index in [-0.39, 0.29) is 22.8 Å². The van der Waals surface area contributed by atoms with Gasteiger partial charge in [-0.25, -0.2) is 9.38 Å². The molecule has 0 spiro atoms. The average molecular weight is 426 g/mol. The molecule has 0 amide bonds. The predicted molar refractivity (Wildman–Crippen MR) is 132 cm³/mol. The molecular formula is C26H36FN3O. The van der Waals surface area contributed by atoms with E-state index < -0.39 is 5.82 Å². The van der Waals surface area contributed by atoms with Gasteiger partial charge >= 0.3 is 0 Å². The number of nitrogens with one attached hydrogen (secondary N) is 1. The van der Waals surface area contributed by atoms with E-state index in [1.807, 2.05) is 61.5 Å². The summed E-state index contributed by atoms with van der Waals surface area (Å²) in [5, 5.41) is 18.5. The van der Waals surface area contributed by atoms with Crippen LogP contribution < -0.4 is 5.73 Å². The van der Waals surface area contributed by atoms with Crippen LogP contribution in [-0.4, -0.2) is 17.0 Å². The summed E-state index contributed by atoms with van der Waals surface area (Å²) in [5.74, 6) is -1.01. The van der Waals surface area contributed by atoms with Crippen LogP contribution in [0, 0.1) is 11.2 Å². The molecule has 31 heavy (non-hydrogen) atoms. The molecule has 5 heteroatoms. The SMILES string of the molecule is C=C(O)/N=C\c1c(N)c(F)c(C(=N)/C(C(C)=C(C)C)=C(C)\C(C)=C/C)c(CC)c1CC. The van der Waals surface area contributed by atoms with Gasteiger partial charge in [0, 0.05) is 22.9 Å². The first-order valence-electron chi connectivity index (χ1n) is 10.6. The molecule has 0 aliphatic heterocycles. The Kier molecular flexibility index (Phi) is 9.17. The topological polar surface area (TPSA) is 82.5 Å². The third kappa shape index (κ3) is 5.40. The number of aliphatic imine (C=N–C) groups is 1. The zero-order chi connectivity index (χ0) is 24.0. The van der Waals surface area contributed by atoms with Crippen molar-refractivity contribution in [3.8, 4) is 0 Å². The summed E-state index contributed by atoms with van der Waals surface area (Å²) in [6, 6.07) is 0. The normalized spacial score (nSPS) is 12.7. The van der Waals surface area contributed by atoms with E-state index in [2.05, 4.69) is 11.6 Å². The molecule has 0 radical (unpaired) electrons. The van der Waals surface area contributed by atoms with Crippen LogP contribution in [0.25, 0.3) is 0 Å². The molecule has 0 aromatic heterocycles. The molecule has 0 bridgehead atoms. The summed E-state index contributed by atoms with van der Waals surface area (Å²) in [7, 11) is 0.